The number of Topliss-reactive ketones (excluding diaryl/α,β-unsaturated/α-hetero) is 1. The average Bonchev–Trinajstić information content (AvgIpc) is 3.26. The number of aryl methyl sites for hydroxylation is 1. The SMILES string of the molecule is CC(C)CC(=O)Nc1ccc(C(=O)COC(=O)CCc2cnn(-c3ccccc3)c2)cc1. The molecule has 1 amide bonds. The number of nitrogens with one attached hydrogen (secondary N) is 1. The molecule has 0 radical (unpaired) electrons. The number of carbonyl (C=O) groups is 3. The fourth-order valence-corrected chi connectivity index (χ4v) is 3.08. The zero-order valence-corrected chi connectivity index (χ0v) is 18.3. The Morgan fingerprint density at radius 2 is 1.75 bits per heavy atom. The normalized spacial score (nSPS) is 10.7. The molecule has 166 valence electrons. The molecule has 3 rings (SSSR count). The van der Waals surface area contributed by atoms with E-state index < -0.39 is 5.97 Å². The molecule has 0 aliphatic carbocycles. The fraction of sp³-hybridized carbons (Fsp3) is 0.280. The van der Waals surface area contributed by atoms with E-state index in [-0.39, 0.29) is 30.6 Å². The lowest BCUT2D eigenvalue weighted by Gasteiger charge is -2.08. The topological polar surface area (TPSA) is 90.3 Å². The standard InChI is InChI=1S/C25H27N3O4/c1-18(2)14-24(30)27-21-11-9-20(10-12-21)23(29)17-32-25(31)13-8-19-15-26-28(16-19)22-6-4-3-5-7-22/h3-7,9-12,15-16,18H,8,13-14,17H2,1-2H3,(H,27,30). The van der Waals surface area contributed by atoms with Crippen molar-refractivity contribution < 1.29 is 19.1 Å². The summed E-state index contributed by atoms with van der Waals surface area (Å²) in [5.74, 6) is -0.536. The number of nitrogens with zero attached hydrogens (tertiary/aromatic N) is 2. The van der Waals surface area contributed by atoms with E-state index in [1.54, 1.807) is 35.1 Å². The van der Waals surface area contributed by atoms with Crippen LogP contribution < -0.4 is 5.32 Å². The molecule has 0 saturated heterocycles. The van der Waals surface area contributed by atoms with Gasteiger partial charge in [-0.1, -0.05) is 32.0 Å². The number of rotatable bonds is 10. The van der Waals surface area contributed by atoms with Crippen LogP contribution in [0.25, 0.3) is 5.69 Å². The van der Waals surface area contributed by atoms with E-state index >= 15 is 0 Å². The van der Waals surface area contributed by atoms with Crippen molar-refractivity contribution >= 4 is 23.3 Å². The largest absolute Gasteiger partial charge is 0.457 e. The minimum absolute atomic E-state index is 0.0673. The summed E-state index contributed by atoms with van der Waals surface area (Å²) in [6.45, 7) is 3.63. The van der Waals surface area contributed by atoms with Crippen LogP contribution >= 0.6 is 0 Å². The first-order valence-corrected chi connectivity index (χ1v) is 10.6. The first-order chi connectivity index (χ1) is 15.4. The van der Waals surface area contributed by atoms with Gasteiger partial charge in [0.1, 0.15) is 0 Å². The first-order valence-electron chi connectivity index (χ1n) is 10.6. The smallest absolute Gasteiger partial charge is 0.306 e. The second-order valence-corrected chi connectivity index (χ2v) is 7.94. The minimum atomic E-state index is -0.441. The van der Waals surface area contributed by atoms with Gasteiger partial charge in [-0.15, -0.1) is 0 Å². The van der Waals surface area contributed by atoms with Crippen molar-refractivity contribution in [2.75, 3.05) is 11.9 Å². The van der Waals surface area contributed by atoms with Gasteiger partial charge in [0.25, 0.3) is 0 Å². The van der Waals surface area contributed by atoms with E-state index in [0.717, 1.165) is 11.3 Å². The van der Waals surface area contributed by atoms with Crippen molar-refractivity contribution in [2.24, 2.45) is 5.92 Å². The van der Waals surface area contributed by atoms with Gasteiger partial charge in [0.15, 0.2) is 12.4 Å². The minimum Gasteiger partial charge on any atom is -0.457 e. The monoisotopic (exact) mass is 433 g/mol. The maximum Gasteiger partial charge on any atom is 0.306 e. The lowest BCUT2D eigenvalue weighted by Crippen LogP contribution is -2.15. The summed E-state index contributed by atoms with van der Waals surface area (Å²) in [6.07, 6.45) is 4.66. The molecule has 0 spiro atoms. The fourth-order valence-electron chi connectivity index (χ4n) is 3.08. The summed E-state index contributed by atoms with van der Waals surface area (Å²) in [6, 6.07) is 16.2. The first kappa shape index (κ1) is 22.9. The molecule has 1 heterocycles. The highest BCUT2D eigenvalue weighted by Gasteiger charge is 2.12. The predicted octanol–water partition coefficient (Wildman–Crippen LogP) is 4.22. The van der Waals surface area contributed by atoms with Crippen LogP contribution in [0.1, 0.15) is 42.6 Å². The van der Waals surface area contributed by atoms with Crippen molar-refractivity contribution in [3.63, 3.8) is 0 Å². The highest BCUT2D eigenvalue weighted by molar-refractivity contribution is 5.98. The van der Waals surface area contributed by atoms with Crippen LogP contribution in [-0.2, 0) is 20.7 Å². The number of para-hydroxylation sites is 1. The zero-order valence-electron chi connectivity index (χ0n) is 18.3. The molecule has 1 N–H and O–H groups in total. The van der Waals surface area contributed by atoms with Gasteiger partial charge in [0.05, 0.1) is 11.9 Å². The summed E-state index contributed by atoms with van der Waals surface area (Å²) in [5, 5.41) is 7.09. The van der Waals surface area contributed by atoms with Crippen LogP contribution in [0.4, 0.5) is 5.69 Å². The molecule has 0 unspecified atom stereocenters. The van der Waals surface area contributed by atoms with Gasteiger partial charge in [-0.25, -0.2) is 4.68 Å². The van der Waals surface area contributed by atoms with Gasteiger partial charge in [-0.2, -0.15) is 5.10 Å². The van der Waals surface area contributed by atoms with E-state index in [4.69, 9.17) is 4.74 Å². The molecular weight excluding hydrogens is 406 g/mol. The molecular formula is C25H27N3O4. The average molecular weight is 434 g/mol. The third-order valence-electron chi connectivity index (χ3n) is 4.72. The molecule has 7 heteroatoms. The molecule has 0 aliphatic heterocycles. The quantitative estimate of drug-likeness (QED) is 0.382. The van der Waals surface area contributed by atoms with Gasteiger partial charge in [-0.3, -0.25) is 14.4 Å². The third-order valence-corrected chi connectivity index (χ3v) is 4.72. The summed E-state index contributed by atoms with van der Waals surface area (Å²) in [4.78, 5) is 36.1. The molecule has 0 atom stereocenters. The summed E-state index contributed by atoms with van der Waals surface area (Å²) >= 11 is 0. The molecule has 0 bridgehead atoms. The van der Waals surface area contributed by atoms with Crippen LogP contribution in [0.5, 0.6) is 0 Å². The van der Waals surface area contributed by atoms with E-state index in [1.165, 1.54) is 0 Å². The highest BCUT2D eigenvalue weighted by Crippen LogP contribution is 2.13. The van der Waals surface area contributed by atoms with Crippen LogP contribution in [-0.4, -0.2) is 34.0 Å². The number of esters is 1. The van der Waals surface area contributed by atoms with Gasteiger partial charge in [-0.05, 0) is 54.3 Å². The molecule has 7 nitrogen and oxygen atoms in total. The lowest BCUT2D eigenvalue weighted by molar-refractivity contribution is -0.142. The second kappa shape index (κ2) is 11.0. The number of hydrogen-bond acceptors (Lipinski definition) is 5. The number of carbonyl (C=O) groups excluding carboxylic acids is 3. The van der Waals surface area contributed by atoms with Crippen LogP contribution in [0.15, 0.2) is 67.0 Å². The van der Waals surface area contributed by atoms with E-state index in [1.807, 2.05) is 50.4 Å². The molecule has 3 aromatic rings. The predicted molar refractivity (Wildman–Crippen MR) is 122 cm³/mol. The van der Waals surface area contributed by atoms with Crippen molar-refractivity contribution in [1.82, 2.24) is 9.78 Å². The van der Waals surface area contributed by atoms with Crippen molar-refractivity contribution in [1.29, 1.82) is 0 Å². The molecule has 0 fully saturated rings. The number of anilines is 1. The van der Waals surface area contributed by atoms with Crippen LogP contribution in [0.3, 0.4) is 0 Å². The number of benzene rings is 2. The van der Waals surface area contributed by atoms with Crippen molar-refractivity contribution in [3.05, 3.63) is 78.1 Å². The molecule has 2 aromatic carbocycles. The third kappa shape index (κ3) is 6.91. The summed E-state index contributed by atoms with van der Waals surface area (Å²) in [5.41, 5.74) is 2.90. The number of amides is 1. The van der Waals surface area contributed by atoms with Crippen molar-refractivity contribution in [3.8, 4) is 5.69 Å². The lowest BCUT2D eigenvalue weighted by atomic mass is 10.1. The maximum atomic E-state index is 12.3. The Morgan fingerprint density at radius 1 is 1.03 bits per heavy atom. The highest BCUT2D eigenvalue weighted by atomic mass is 16.5. The molecule has 0 saturated carbocycles. The van der Waals surface area contributed by atoms with Gasteiger partial charge >= 0.3 is 5.97 Å². The number of ketones is 1. The molecule has 1 aromatic heterocycles. The van der Waals surface area contributed by atoms with Gasteiger partial charge < -0.3 is 10.1 Å². The molecule has 32 heavy (non-hydrogen) atoms. The Morgan fingerprint density at radius 3 is 2.44 bits per heavy atom. The van der Waals surface area contributed by atoms with E-state index in [2.05, 4.69) is 10.4 Å². The Kier molecular flexibility index (Phi) is 7.91. The van der Waals surface area contributed by atoms with E-state index in [9.17, 15) is 14.4 Å². The van der Waals surface area contributed by atoms with E-state index in [0.29, 0.717) is 24.1 Å². The Hall–Kier alpha value is -3.74. The Balaban J connectivity index is 1.42. The summed E-state index contributed by atoms with van der Waals surface area (Å²) in [7, 11) is 0. The van der Waals surface area contributed by atoms with Gasteiger partial charge in [0.2, 0.25) is 5.91 Å². The van der Waals surface area contributed by atoms with Crippen LogP contribution in [0, 0.1) is 5.92 Å². The Bertz CT molecular complexity index is 1060. The molecule has 0 aliphatic rings. The second-order valence-electron chi connectivity index (χ2n) is 7.94. The van der Waals surface area contributed by atoms with Gasteiger partial charge in [0, 0.05) is 30.3 Å². The number of aromatic nitrogens is 2. The van der Waals surface area contributed by atoms with Crippen LogP contribution in [0.2, 0.25) is 0 Å². The number of hydrogen-bond donors (Lipinski definition) is 1. The zero-order chi connectivity index (χ0) is 22.9. The van der Waals surface area contributed by atoms with Crippen molar-refractivity contribution in [2.45, 2.75) is 33.1 Å². The summed E-state index contributed by atoms with van der Waals surface area (Å²) < 4.78 is 6.87. The maximum absolute atomic E-state index is 12.3. The number of ether oxygens (including phenoxy) is 1. The Labute approximate surface area is 187 Å².